The van der Waals surface area contributed by atoms with Crippen LogP contribution in [0.3, 0.4) is 0 Å². The highest BCUT2D eigenvalue weighted by atomic mass is 79.9. The molecule has 0 amide bonds. The van der Waals surface area contributed by atoms with E-state index in [1.54, 1.807) is 11.1 Å². The molecule has 0 aliphatic rings. The molecule has 1 heteroatoms. The van der Waals surface area contributed by atoms with Gasteiger partial charge in [0.25, 0.3) is 0 Å². The summed E-state index contributed by atoms with van der Waals surface area (Å²) in [5.74, 6) is 5.91. The van der Waals surface area contributed by atoms with Crippen molar-refractivity contribution in [1.82, 2.24) is 0 Å². The van der Waals surface area contributed by atoms with E-state index in [0.717, 1.165) is 6.42 Å². The second kappa shape index (κ2) is 7.78. The fourth-order valence-electron chi connectivity index (χ4n) is 0.428. The van der Waals surface area contributed by atoms with Crippen LogP contribution in [0.25, 0.3) is 0 Å². The summed E-state index contributed by atoms with van der Waals surface area (Å²) in [5, 5.41) is 0. The molecule has 9 heavy (non-hydrogen) atoms. The van der Waals surface area contributed by atoms with Gasteiger partial charge >= 0.3 is 0 Å². The Morgan fingerprint density at radius 1 is 1.56 bits per heavy atom. The lowest BCUT2D eigenvalue weighted by Gasteiger charge is -1.81. The molecule has 0 aromatic heterocycles. The Bertz CT molecular complexity index is 125. The Balaban J connectivity index is 3.16. The quantitative estimate of drug-likeness (QED) is 0.460. The minimum Gasteiger partial charge on any atom is -0.0985 e. The van der Waals surface area contributed by atoms with Crippen molar-refractivity contribution in [2.24, 2.45) is 0 Å². The Kier molecular flexibility index (Phi) is 7.59. The SMILES string of the molecule is CCCCC#C/C=C/Br. The van der Waals surface area contributed by atoms with Gasteiger partial charge < -0.3 is 0 Å². The van der Waals surface area contributed by atoms with E-state index in [9.17, 15) is 0 Å². The van der Waals surface area contributed by atoms with Crippen molar-refractivity contribution >= 4 is 15.9 Å². The van der Waals surface area contributed by atoms with Gasteiger partial charge in [-0.05, 0) is 17.5 Å². The van der Waals surface area contributed by atoms with Gasteiger partial charge in [0.15, 0.2) is 0 Å². The van der Waals surface area contributed by atoms with Crippen molar-refractivity contribution in [3.05, 3.63) is 11.1 Å². The highest BCUT2D eigenvalue weighted by Crippen LogP contribution is 1.90. The van der Waals surface area contributed by atoms with E-state index in [-0.39, 0.29) is 0 Å². The van der Waals surface area contributed by atoms with Gasteiger partial charge in [-0.25, -0.2) is 0 Å². The van der Waals surface area contributed by atoms with E-state index in [0.29, 0.717) is 0 Å². The van der Waals surface area contributed by atoms with Crippen molar-refractivity contribution in [2.75, 3.05) is 0 Å². The molecular weight excluding hydrogens is 176 g/mol. The molecule has 0 atom stereocenters. The third-order valence-electron chi connectivity index (χ3n) is 0.904. The number of hydrogen-bond donors (Lipinski definition) is 0. The zero-order valence-electron chi connectivity index (χ0n) is 5.65. The van der Waals surface area contributed by atoms with Crippen LogP contribution in [0.1, 0.15) is 26.2 Å². The lowest BCUT2D eigenvalue weighted by molar-refractivity contribution is 0.828. The molecule has 0 unspecified atom stereocenters. The third kappa shape index (κ3) is 7.78. The maximum absolute atomic E-state index is 3.14. The molecule has 0 heterocycles. The fourth-order valence-corrected chi connectivity index (χ4v) is 0.560. The third-order valence-corrected chi connectivity index (χ3v) is 1.17. The second-order valence-electron chi connectivity index (χ2n) is 1.72. The molecule has 0 radical (unpaired) electrons. The lowest BCUT2D eigenvalue weighted by Crippen LogP contribution is -1.65. The zero-order valence-corrected chi connectivity index (χ0v) is 7.24. The van der Waals surface area contributed by atoms with Gasteiger partial charge in [-0.2, -0.15) is 0 Å². The molecule has 0 nitrogen and oxygen atoms in total. The van der Waals surface area contributed by atoms with E-state index in [1.807, 2.05) is 0 Å². The summed E-state index contributed by atoms with van der Waals surface area (Å²) in [6.45, 7) is 2.17. The molecule has 0 bridgehead atoms. The molecule has 0 N–H and O–H groups in total. The van der Waals surface area contributed by atoms with E-state index in [1.165, 1.54) is 12.8 Å². The van der Waals surface area contributed by atoms with E-state index in [2.05, 4.69) is 34.7 Å². The fraction of sp³-hybridized carbons (Fsp3) is 0.500. The molecule has 0 aliphatic heterocycles. The smallest absolute Gasteiger partial charge is 0.00921 e. The molecule has 0 saturated heterocycles. The van der Waals surface area contributed by atoms with Crippen LogP contribution in [-0.2, 0) is 0 Å². The maximum atomic E-state index is 3.14. The van der Waals surface area contributed by atoms with Crippen molar-refractivity contribution in [3.63, 3.8) is 0 Å². The van der Waals surface area contributed by atoms with Crippen LogP contribution in [0.15, 0.2) is 11.1 Å². The van der Waals surface area contributed by atoms with Gasteiger partial charge in [0.2, 0.25) is 0 Å². The van der Waals surface area contributed by atoms with Gasteiger partial charge in [-0.3, -0.25) is 0 Å². The van der Waals surface area contributed by atoms with E-state index >= 15 is 0 Å². The van der Waals surface area contributed by atoms with Crippen LogP contribution in [0.2, 0.25) is 0 Å². The Morgan fingerprint density at radius 2 is 2.33 bits per heavy atom. The summed E-state index contributed by atoms with van der Waals surface area (Å²) in [4.78, 5) is 1.77. The summed E-state index contributed by atoms with van der Waals surface area (Å²) in [6, 6.07) is 0. The van der Waals surface area contributed by atoms with Gasteiger partial charge in [0.1, 0.15) is 0 Å². The van der Waals surface area contributed by atoms with Crippen molar-refractivity contribution in [2.45, 2.75) is 26.2 Å². The summed E-state index contributed by atoms with van der Waals surface area (Å²) >= 11 is 3.14. The van der Waals surface area contributed by atoms with Gasteiger partial charge in [0, 0.05) is 6.42 Å². The van der Waals surface area contributed by atoms with Crippen molar-refractivity contribution in [1.29, 1.82) is 0 Å². The molecule has 0 fully saturated rings. The molecular formula is C8H11Br. The number of allylic oxidation sites excluding steroid dienone is 1. The summed E-state index contributed by atoms with van der Waals surface area (Å²) < 4.78 is 0. The van der Waals surface area contributed by atoms with Crippen LogP contribution in [0, 0.1) is 11.8 Å². The normalized spacial score (nSPS) is 9.11. The highest BCUT2D eigenvalue weighted by Gasteiger charge is 1.73. The first-order valence-electron chi connectivity index (χ1n) is 3.15. The Morgan fingerprint density at radius 3 is 2.89 bits per heavy atom. The molecule has 0 aromatic rings. The number of halogens is 1. The Hall–Kier alpha value is -0.220. The predicted octanol–water partition coefficient (Wildman–Crippen LogP) is 3.09. The van der Waals surface area contributed by atoms with E-state index < -0.39 is 0 Å². The Labute approximate surface area is 65.5 Å². The average molecular weight is 187 g/mol. The summed E-state index contributed by atoms with van der Waals surface area (Å²) in [6.07, 6.45) is 5.26. The second-order valence-corrected chi connectivity index (χ2v) is 2.25. The molecule has 0 rings (SSSR count). The minimum absolute atomic E-state index is 1.02. The molecule has 0 aliphatic carbocycles. The van der Waals surface area contributed by atoms with Crippen LogP contribution in [-0.4, -0.2) is 0 Å². The molecule has 0 saturated carbocycles. The minimum atomic E-state index is 1.02. The first-order chi connectivity index (χ1) is 4.41. The highest BCUT2D eigenvalue weighted by molar-refractivity contribution is 9.11. The van der Waals surface area contributed by atoms with Gasteiger partial charge in [-0.15, -0.1) is 0 Å². The van der Waals surface area contributed by atoms with Crippen molar-refractivity contribution in [3.8, 4) is 11.8 Å². The summed E-state index contributed by atoms with van der Waals surface area (Å²) in [7, 11) is 0. The van der Waals surface area contributed by atoms with E-state index in [4.69, 9.17) is 0 Å². The average Bonchev–Trinajstić information content (AvgIpc) is 1.89. The molecule has 0 aromatic carbocycles. The summed E-state index contributed by atoms with van der Waals surface area (Å²) in [5.41, 5.74) is 0. The monoisotopic (exact) mass is 186 g/mol. The lowest BCUT2D eigenvalue weighted by atomic mass is 10.2. The van der Waals surface area contributed by atoms with Crippen LogP contribution in [0.5, 0.6) is 0 Å². The standard InChI is InChI=1S/C8H11Br/c1-2-3-4-5-6-7-8-9/h7-8H,2-4H2,1H3/b8-7+. The first kappa shape index (κ1) is 8.78. The number of unbranched alkanes of at least 4 members (excludes halogenated alkanes) is 2. The van der Waals surface area contributed by atoms with Crippen LogP contribution < -0.4 is 0 Å². The first-order valence-corrected chi connectivity index (χ1v) is 4.07. The van der Waals surface area contributed by atoms with Crippen LogP contribution in [0.4, 0.5) is 0 Å². The zero-order chi connectivity index (χ0) is 6.95. The largest absolute Gasteiger partial charge is 0.0985 e. The van der Waals surface area contributed by atoms with Crippen LogP contribution >= 0.6 is 15.9 Å². The topological polar surface area (TPSA) is 0 Å². The molecule has 50 valence electrons. The molecule has 0 spiro atoms. The van der Waals surface area contributed by atoms with Gasteiger partial charge in [0.05, 0.1) is 0 Å². The number of hydrogen-bond acceptors (Lipinski definition) is 0. The number of rotatable bonds is 2. The van der Waals surface area contributed by atoms with Crippen molar-refractivity contribution < 1.29 is 0 Å². The van der Waals surface area contributed by atoms with Gasteiger partial charge in [-0.1, -0.05) is 41.1 Å². The predicted molar refractivity (Wildman–Crippen MR) is 45.4 cm³/mol. The maximum Gasteiger partial charge on any atom is 0.00921 e.